The highest BCUT2D eigenvalue weighted by Gasteiger charge is 2.39. The Bertz CT molecular complexity index is 335. The maximum absolute atomic E-state index is 11.2. The van der Waals surface area contributed by atoms with Crippen LogP contribution in [0.1, 0.15) is 12.5 Å². The molecule has 0 fully saturated rings. The highest BCUT2D eigenvalue weighted by Crippen LogP contribution is 2.32. The Morgan fingerprint density at radius 3 is 2.85 bits per heavy atom. The molecule has 1 aliphatic rings. The minimum Gasteiger partial charge on any atom is -0.465 e. The summed E-state index contributed by atoms with van der Waals surface area (Å²) in [4.78, 5) is 11.2. The summed E-state index contributed by atoms with van der Waals surface area (Å²) in [5.74, 6) is 0.587. The highest BCUT2D eigenvalue weighted by molar-refractivity contribution is 5.86. The molecule has 1 unspecified atom stereocenters. The molecule has 1 aromatic carbocycles. The summed E-state index contributed by atoms with van der Waals surface area (Å²) in [7, 11) is 0. The molecule has 3 nitrogen and oxygen atoms in total. The summed E-state index contributed by atoms with van der Waals surface area (Å²) in [5.41, 5.74) is 5.65. The zero-order chi connectivity index (χ0) is 9.47. The number of Topliss-reactive ketones (excluding diaryl/α,β-unsaturated/α-hetero) is 1. The third-order valence-corrected chi connectivity index (χ3v) is 2.31. The van der Waals surface area contributed by atoms with Crippen LogP contribution in [0.4, 0.5) is 0 Å². The van der Waals surface area contributed by atoms with Crippen molar-refractivity contribution in [2.75, 3.05) is 0 Å². The number of ether oxygens (including phenoxy) is 1. The third-order valence-electron chi connectivity index (χ3n) is 2.31. The van der Waals surface area contributed by atoms with Crippen LogP contribution in [0, 0.1) is 0 Å². The van der Waals surface area contributed by atoms with Crippen molar-refractivity contribution in [3.63, 3.8) is 0 Å². The molecule has 0 aromatic heterocycles. The minimum atomic E-state index is -1.14. The molecule has 13 heavy (non-hydrogen) atoms. The van der Waals surface area contributed by atoms with Crippen LogP contribution in [0.3, 0.4) is 0 Å². The summed E-state index contributed by atoms with van der Waals surface area (Å²) in [6.45, 7) is 1.45. The van der Waals surface area contributed by atoms with Crippen molar-refractivity contribution < 1.29 is 9.53 Å². The predicted octanol–water partition coefficient (Wildman–Crippen LogP) is 0.865. The molecule has 1 heterocycles. The van der Waals surface area contributed by atoms with E-state index in [0.717, 1.165) is 11.3 Å². The first-order chi connectivity index (χ1) is 6.12. The van der Waals surface area contributed by atoms with Gasteiger partial charge >= 0.3 is 0 Å². The lowest BCUT2D eigenvalue weighted by Gasteiger charge is -2.19. The second-order valence-electron chi connectivity index (χ2n) is 3.33. The van der Waals surface area contributed by atoms with E-state index in [1.54, 1.807) is 0 Å². The van der Waals surface area contributed by atoms with Crippen LogP contribution in [-0.4, -0.2) is 11.5 Å². The number of benzene rings is 1. The van der Waals surface area contributed by atoms with Crippen LogP contribution in [0.15, 0.2) is 24.3 Å². The number of hydrogen-bond donors (Lipinski definition) is 1. The molecule has 0 aliphatic carbocycles. The first-order valence-corrected chi connectivity index (χ1v) is 4.19. The molecule has 3 heteroatoms. The SMILES string of the molecule is CC(=O)C1(N)Cc2ccccc2O1. The lowest BCUT2D eigenvalue weighted by molar-refractivity contribution is -0.130. The Hall–Kier alpha value is -1.35. The van der Waals surface area contributed by atoms with Gasteiger partial charge in [0.1, 0.15) is 5.75 Å². The van der Waals surface area contributed by atoms with Crippen molar-refractivity contribution in [1.82, 2.24) is 0 Å². The lowest BCUT2D eigenvalue weighted by atomic mass is 10.0. The van der Waals surface area contributed by atoms with Crippen molar-refractivity contribution in [1.29, 1.82) is 0 Å². The van der Waals surface area contributed by atoms with Gasteiger partial charge in [-0.15, -0.1) is 0 Å². The van der Waals surface area contributed by atoms with Gasteiger partial charge < -0.3 is 4.74 Å². The van der Waals surface area contributed by atoms with Gasteiger partial charge in [0, 0.05) is 18.9 Å². The van der Waals surface area contributed by atoms with Crippen LogP contribution >= 0.6 is 0 Å². The molecule has 1 atom stereocenters. The summed E-state index contributed by atoms with van der Waals surface area (Å²) >= 11 is 0. The van der Waals surface area contributed by atoms with Gasteiger partial charge in [-0.2, -0.15) is 0 Å². The number of nitrogens with two attached hydrogens (primary N) is 1. The number of hydrogen-bond acceptors (Lipinski definition) is 3. The Morgan fingerprint density at radius 1 is 1.54 bits per heavy atom. The third kappa shape index (κ3) is 1.21. The van der Waals surface area contributed by atoms with E-state index >= 15 is 0 Å². The monoisotopic (exact) mass is 177 g/mol. The van der Waals surface area contributed by atoms with E-state index in [9.17, 15) is 4.79 Å². The fourth-order valence-electron chi connectivity index (χ4n) is 1.46. The van der Waals surface area contributed by atoms with Gasteiger partial charge in [0.05, 0.1) is 0 Å². The summed E-state index contributed by atoms with van der Waals surface area (Å²) in [5, 5.41) is 0. The van der Waals surface area contributed by atoms with E-state index in [-0.39, 0.29) is 5.78 Å². The standard InChI is InChI=1S/C10H11NO2/c1-7(12)10(11)6-8-4-2-3-5-9(8)13-10/h2-5H,6,11H2,1H3. The molecule has 2 N–H and O–H groups in total. The summed E-state index contributed by atoms with van der Waals surface area (Å²) in [6.07, 6.45) is 0.471. The molecular formula is C10H11NO2. The van der Waals surface area contributed by atoms with Crippen molar-refractivity contribution in [3.05, 3.63) is 29.8 Å². The Labute approximate surface area is 76.5 Å². The first-order valence-electron chi connectivity index (χ1n) is 4.19. The van der Waals surface area contributed by atoms with Crippen LogP contribution in [0.2, 0.25) is 0 Å². The zero-order valence-electron chi connectivity index (χ0n) is 7.41. The topological polar surface area (TPSA) is 52.3 Å². The van der Waals surface area contributed by atoms with E-state index in [4.69, 9.17) is 10.5 Å². The normalized spacial score (nSPS) is 25.1. The molecule has 68 valence electrons. The molecule has 2 rings (SSSR count). The Balaban J connectivity index is 2.37. The summed E-state index contributed by atoms with van der Waals surface area (Å²) in [6, 6.07) is 7.53. The Kier molecular flexibility index (Phi) is 1.63. The van der Waals surface area contributed by atoms with Crippen molar-refractivity contribution in [2.24, 2.45) is 5.73 Å². The maximum Gasteiger partial charge on any atom is 0.221 e. The van der Waals surface area contributed by atoms with E-state index in [2.05, 4.69) is 0 Å². The van der Waals surface area contributed by atoms with Crippen molar-refractivity contribution in [2.45, 2.75) is 19.1 Å². The van der Waals surface area contributed by atoms with Crippen molar-refractivity contribution >= 4 is 5.78 Å². The van der Waals surface area contributed by atoms with Crippen LogP contribution < -0.4 is 10.5 Å². The molecule has 0 spiro atoms. The Morgan fingerprint density at radius 2 is 2.23 bits per heavy atom. The molecule has 0 saturated carbocycles. The van der Waals surface area contributed by atoms with Gasteiger partial charge in [0.15, 0.2) is 5.78 Å². The average Bonchev–Trinajstić information content (AvgIpc) is 2.42. The van der Waals surface area contributed by atoms with Gasteiger partial charge in [0.25, 0.3) is 0 Å². The minimum absolute atomic E-state index is 0.135. The molecule has 1 aromatic rings. The lowest BCUT2D eigenvalue weighted by Crippen LogP contribution is -2.51. The fraction of sp³-hybridized carbons (Fsp3) is 0.300. The molecule has 0 saturated heterocycles. The van der Waals surface area contributed by atoms with E-state index in [1.165, 1.54) is 6.92 Å². The number of carbonyl (C=O) groups is 1. The van der Waals surface area contributed by atoms with Gasteiger partial charge in [-0.1, -0.05) is 18.2 Å². The zero-order valence-corrected chi connectivity index (χ0v) is 7.41. The molecule has 1 aliphatic heterocycles. The summed E-state index contributed by atoms with van der Waals surface area (Å²) < 4.78 is 5.38. The number of carbonyl (C=O) groups excluding carboxylic acids is 1. The molecular weight excluding hydrogens is 166 g/mol. The fourth-order valence-corrected chi connectivity index (χ4v) is 1.46. The quantitative estimate of drug-likeness (QED) is 0.692. The van der Waals surface area contributed by atoms with E-state index in [0.29, 0.717) is 6.42 Å². The maximum atomic E-state index is 11.2. The molecule has 0 amide bonds. The van der Waals surface area contributed by atoms with E-state index < -0.39 is 5.72 Å². The first kappa shape index (κ1) is 8.26. The van der Waals surface area contributed by atoms with Gasteiger partial charge in [-0.25, -0.2) is 0 Å². The highest BCUT2D eigenvalue weighted by atomic mass is 16.5. The van der Waals surface area contributed by atoms with Gasteiger partial charge in [0.2, 0.25) is 5.72 Å². The molecule has 0 bridgehead atoms. The van der Waals surface area contributed by atoms with Gasteiger partial charge in [-0.3, -0.25) is 10.5 Å². The smallest absolute Gasteiger partial charge is 0.221 e. The van der Waals surface area contributed by atoms with Crippen molar-refractivity contribution in [3.8, 4) is 5.75 Å². The average molecular weight is 177 g/mol. The number of ketones is 1. The molecule has 0 radical (unpaired) electrons. The van der Waals surface area contributed by atoms with Gasteiger partial charge in [-0.05, 0) is 6.07 Å². The van der Waals surface area contributed by atoms with E-state index in [1.807, 2.05) is 24.3 Å². The van der Waals surface area contributed by atoms with Crippen LogP contribution in [-0.2, 0) is 11.2 Å². The van der Waals surface area contributed by atoms with Crippen LogP contribution in [0.25, 0.3) is 0 Å². The second-order valence-corrected chi connectivity index (χ2v) is 3.33. The number of fused-ring (bicyclic) bond motifs is 1. The number of rotatable bonds is 1. The number of para-hydroxylation sites is 1. The largest absolute Gasteiger partial charge is 0.465 e. The van der Waals surface area contributed by atoms with Crippen LogP contribution in [0.5, 0.6) is 5.75 Å². The second kappa shape index (κ2) is 2.57. The predicted molar refractivity (Wildman–Crippen MR) is 48.4 cm³/mol.